The number of thioether (sulfide) groups is 1. The van der Waals surface area contributed by atoms with E-state index in [1.807, 2.05) is 17.8 Å². The summed E-state index contributed by atoms with van der Waals surface area (Å²) in [4.78, 5) is 0. The number of aryl methyl sites for hydroxylation is 1. The summed E-state index contributed by atoms with van der Waals surface area (Å²) in [6.45, 7) is 4.38. The van der Waals surface area contributed by atoms with Gasteiger partial charge in [-0.3, -0.25) is 0 Å². The molecule has 54 heavy (non-hydrogen) atoms. The Morgan fingerprint density at radius 3 is 1.63 bits per heavy atom. The molecular formula is C47H60O6S. The minimum atomic E-state index is -0.260. The summed E-state index contributed by atoms with van der Waals surface area (Å²) < 4.78 is 35.8. The molecule has 2 saturated heterocycles. The van der Waals surface area contributed by atoms with E-state index in [2.05, 4.69) is 103 Å². The van der Waals surface area contributed by atoms with Gasteiger partial charge < -0.3 is 28.4 Å². The van der Waals surface area contributed by atoms with E-state index in [1.165, 1.54) is 22.3 Å². The first-order valence-electron chi connectivity index (χ1n) is 20.5. The van der Waals surface area contributed by atoms with Crippen LogP contribution in [-0.4, -0.2) is 58.0 Å². The van der Waals surface area contributed by atoms with Gasteiger partial charge in [-0.25, -0.2) is 0 Å². The van der Waals surface area contributed by atoms with Gasteiger partial charge in [0, 0.05) is 26.1 Å². The van der Waals surface area contributed by atoms with Gasteiger partial charge in [0.05, 0.1) is 31.2 Å². The van der Waals surface area contributed by atoms with Crippen molar-refractivity contribution in [1.29, 1.82) is 0 Å². The third-order valence-corrected chi connectivity index (χ3v) is 11.9. The highest BCUT2D eigenvalue weighted by molar-refractivity contribution is 8.00. The molecule has 0 radical (unpaired) electrons. The lowest BCUT2D eigenvalue weighted by Crippen LogP contribution is -2.26. The SMILES string of the molecule is c1ccc(C(SCCCCOCCOCCCCCCc2cc(OC3CCCCO3)ccc2OC2CCCCO2)(c2ccccc2)c2ccccc2)cc1. The van der Waals surface area contributed by atoms with Crippen LogP contribution in [0.1, 0.15) is 99.3 Å². The minimum Gasteiger partial charge on any atom is -0.465 e. The van der Waals surface area contributed by atoms with Crippen molar-refractivity contribution in [2.75, 3.05) is 45.4 Å². The lowest BCUT2D eigenvalue weighted by molar-refractivity contribution is -0.108. The lowest BCUT2D eigenvalue weighted by Gasteiger charge is -2.35. The highest BCUT2D eigenvalue weighted by Gasteiger charge is 2.36. The van der Waals surface area contributed by atoms with Crippen molar-refractivity contribution in [1.82, 2.24) is 0 Å². The van der Waals surface area contributed by atoms with Crippen LogP contribution in [0.4, 0.5) is 0 Å². The number of benzene rings is 4. The Labute approximate surface area is 328 Å². The van der Waals surface area contributed by atoms with Gasteiger partial charge in [0.15, 0.2) is 12.6 Å². The van der Waals surface area contributed by atoms with E-state index >= 15 is 0 Å². The van der Waals surface area contributed by atoms with Crippen LogP contribution in [0.5, 0.6) is 11.5 Å². The fraction of sp³-hybridized carbons (Fsp3) is 0.489. The Bertz CT molecular complexity index is 1480. The zero-order valence-electron chi connectivity index (χ0n) is 32.0. The fourth-order valence-electron chi connectivity index (χ4n) is 7.34. The van der Waals surface area contributed by atoms with Gasteiger partial charge >= 0.3 is 0 Å². The molecule has 0 saturated carbocycles. The van der Waals surface area contributed by atoms with E-state index in [1.54, 1.807) is 0 Å². The number of hydrogen-bond acceptors (Lipinski definition) is 7. The molecule has 2 unspecified atom stereocenters. The van der Waals surface area contributed by atoms with Crippen LogP contribution < -0.4 is 9.47 Å². The lowest BCUT2D eigenvalue weighted by atomic mass is 9.84. The Morgan fingerprint density at radius 1 is 0.537 bits per heavy atom. The van der Waals surface area contributed by atoms with E-state index in [0.29, 0.717) is 13.2 Å². The quantitative estimate of drug-likeness (QED) is 0.0552. The molecule has 0 N–H and O–H groups in total. The molecule has 4 aromatic carbocycles. The van der Waals surface area contributed by atoms with E-state index in [-0.39, 0.29) is 17.3 Å². The monoisotopic (exact) mass is 752 g/mol. The molecule has 2 aliphatic rings. The average molecular weight is 753 g/mol. The largest absolute Gasteiger partial charge is 0.465 e. The molecule has 6 nitrogen and oxygen atoms in total. The van der Waals surface area contributed by atoms with Crippen molar-refractivity contribution in [3.63, 3.8) is 0 Å². The fourth-order valence-corrected chi connectivity index (χ4v) is 8.90. The highest BCUT2D eigenvalue weighted by atomic mass is 32.2. The van der Waals surface area contributed by atoms with Crippen molar-refractivity contribution in [2.24, 2.45) is 0 Å². The first kappa shape index (κ1) is 40.3. The summed E-state index contributed by atoms with van der Waals surface area (Å²) >= 11 is 2.02. The van der Waals surface area contributed by atoms with Crippen LogP contribution >= 0.6 is 11.8 Å². The molecule has 6 rings (SSSR count). The molecule has 2 atom stereocenters. The predicted molar refractivity (Wildman–Crippen MR) is 220 cm³/mol. The molecular weight excluding hydrogens is 693 g/mol. The van der Waals surface area contributed by atoms with Crippen LogP contribution in [0.15, 0.2) is 109 Å². The summed E-state index contributed by atoms with van der Waals surface area (Å²) in [6.07, 6.45) is 13.6. The smallest absolute Gasteiger partial charge is 0.199 e. The van der Waals surface area contributed by atoms with E-state index in [9.17, 15) is 0 Å². The first-order valence-corrected chi connectivity index (χ1v) is 21.5. The summed E-state index contributed by atoms with van der Waals surface area (Å²) in [5.74, 6) is 2.82. The van der Waals surface area contributed by atoms with E-state index in [4.69, 9.17) is 28.4 Å². The van der Waals surface area contributed by atoms with Crippen molar-refractivity contribution >= 4 is 11.8 Å². The minimum absolute atomic E-state index is 0.152. The molecule has 0 aromatic heterocycles. The summed E-state index contributed by atoms with van der Waals surface area (Å²) in [5.41, 5.74) is 5.12. The van der Waals surface area contributed by atoms with Crippen LogP contribution in [0.3, 0.4) is 0 Å². The van der Waals surface area contributed by atoms with Crippen molar-refractivity contribution in [2.45, 2.75) is 101 Å². The third kappa shape index (κ3) is 12.3. The Kier molecular flexibility index (Phi) is 17.1. The maximum atomic E-state index is 6.32. The molecule has 290 valence electrons. The molecule has 0 spiro atoms. The summed E-state index contributed by atoms with van der Waals surface area (Å²) in [6, 6.07) is 39.0. The Hall–Kier alpha value is -3.33. The molecule has 0 aliphatic carbocycles. The zero-order valence-corrected chi connectivity index (χ0v) is 32.9. The van der Waals surface area contributed by atoms with Crippen molar-refractivity contribution in [3.05, 3.63) is 131 Å². The second-order valence-corrected chi connectivity index (χ2v) is 15.6. The standard InChI is InChI=1S/C47H60O6S/c1(6-20-39-38-43(52-45-27-13-16-33-50-45)29-30-44(39)53-46-28-14-17-34-51-46)2-15-31-48-35-36-49-32-18-19-37-54-47(40-21-7-3-8-22-40,41-23-9-4-10-24-41)42-25-11-5-12-26-42/h3-5,7-12,21-26,29-30,38,45-46H,1-2,6,13-20,27-28,31-37H2. The normalized spacial score (nSPS) is 17.6. The van der Waals surface area contributed by atoms with Gasteiger partial charge in [0.2, 0.25) is 0 Å². The van der Waals surface area contributed by atoms with Gasteiger partial charge in [-0.2, -0.15) is 0 Å². The predicted octanol–water partition coefficient (Wildman–Crippen LogP) is 11.1. The second-order valence-electron chi connectivity index (χ2n) is 14.3. The molecule has 2 heterocycles. The number of hydrogen-bond donors (Lipinski definition) is 0. The van der Waals surface area contributed by atoms with Gasteiger partial charge in [0.25, 0.3) is 0 Å². The van der Waals surface area contributed by atoms with Crippen LogP contribution in [0.25, 0.3) is 0 Å². The molecule has 2 aliphatic heterocycles. The average Bonchev–Trinajstić information content (AvgIpc) is 3.23. The molecule has 0 bridgehead atoms. The zero-order chi connectivity index (χ0) is 36.9. The summed E-state index contributed by atoms with van der Waals surface area (Å²) in [5, 5.41) is 0. The van der Waals surface area contributed by atoms with Crippen LogP contribution in [-0.2, 0) is 30.1 Å². The first-order chi connectivity index (χ1) is 26.8. The third-order valence-electron chi connectivity index (χ3n) is 10.2. The highest BCUT2D eigenvalue weighted by Crippen LogP contribution is 2.48. The number of rotatable bonds is 23. The number of unbranched alkanes of at least 4 members (excludes halogenated alkanes) is 4. The molecule has 7 heteroatoms. The Balaban J connectivity index is 0.852. The Morgan fingerprint density at radius 2 is 1.07 bits per heavy atom. The van der Waals surface area contributed by atoms with Gasteiger partial charge in [0.1, 0.15) is 11.5 Å². The van der Waals surface area contributed by atoms with E-state index in [0.717, 1.165) is 127 Å². The van der Waals surface area contributed by atoms with Crippen molar-refractivity contribution in [3.8, 4) is 11.5 Å². The van der Waals surface area contributed by atoms with Gasteiger partial charge in [-0.15, -0.1) is 11.8 Å². The number of ether oxygens (including phenoxy) is 6. The van der Waals surface area contributed by atoms with Crippen LogP contribution in [0, 0.1) is 0 Å². The van der Waals surface area contributed by atoms with Gasteiger partial charge in [-0.05, 0) is 104 Å². The van der Waals surface area contributed by atoms with Gasteiger partial charge in [-0.1, -0.05) is 104 Å². The second kappa shape index (κ2) is 22.9. The topological polar surface area (TPSA) is 55.4 Å². The molecule has 0 amide bonds. The van der Waals surface area contributed by atoms with Crippen LogP contribution in [0.2, 0.25) is 0 Å². The maximum absolute atomic E-state index is 6.32. The molecule has 2 fully saturated rings. The van der Waals surface area contributed by atoms with Crippen molar-refractivity contribution < 1.29 is 28.4 Å². The van der Waals surface area contributed by atoms with E-state index < -0.39 is 0 Å². The molecule has 4 aromatic rings. The summed E-state index contributed by atoms with van der Waals surface area (Å²) in [7, 11) is 0. The maximum Gasteiger partial charge on any atom is 0.199 e.